The van der Waals surface area contributed by atoms with Crippen LogP contribution < -0.4 is 4.90 Å². The standard InChI is InChI=1S/C10H14ClN3O2S/c1-3-4-14(2)8-5-7(11)12-10(13-8)17-6-9(15)16/h5H,3-4,6H2,1-2H3,(H,15,16). The summed E-state index contributed by atoms with van der Waals surface area (Å²) < 4.78 is 0. The van der Waals surface area contributed by atoms with Crippen molar-refractivity contribution in [3.8, 4) is 0 Å². The van der Waals surface area contributed by atoms with Gasteiger partial charge >= 0.3 is 5.97 Å². The SMILES string of the molecule is CCCN(C)c1cc(Cl)nc(SCC(=O)O)n1. The molecule has 1 rings (SSSR count). The largest absolute Gasteiger partial charge is 0.481 e. The van der Waals surface area contributed by atoms with Crippen molar-refractivity contribution >= 4 is 35.1 Å². The lowest BCUT2D eigenvalue weighted by atomic mass is 10.4. The summed E-state index contributed by atoms with van der Waals surface area (Å²) in [7, 11) is 1.91. The number of nitrogens with zero attached hydrogens (tertiary/aromatic N) is 3. The lowest BCUT2D eigenvalue weighted by Gasteiger charge is -2.17. The van der Waals surface area contributed by atoms with E-state index in [1.807, 2.05) is 11.9 Å². The molecule has 7 heteroatoms. The van der Waals surface area contributed by atoms with Crippen molar-refractivity contribution in [2.45, 2.75) is 18.5 Å². The second kappa shape index (κ2) is 6.66. The summed E-state index contributed by atoms with van der Waals surface area (Å²) in [5, 5.41) is 9.30. The first-order chi connectivity index (χ1) is 8.02. The van der Waals surface area contributed by atoms with Gasteiger partial charge in [0, 0.05) is 19.7 Å². The van der Waals surface area contributed by atoms with Crippen molar-refractivity contribution in [1.29, 1.82) is 0 Å². The van der Waals surface area contributed by atoms with Crippen molar-refractivity contribution in [3.63, 3.8) is 0 Å². The molecule has 0 unspecified atom stereocenters. The topological polar surface area (TPSA) is 66.3 Å². The van der Waals surface area contributed by atoms with E-state index in [0.29, 0.717) is 16.1 Å². The van der Waals surface area contributed by atoms with Crippen LogP contribution in [-0.4, -0.2) is 40.4 Å². The van der Waals surface area contributed by atoms with E-state index in [1.54, 1.807) is 6.07 Å². The summed E-state index contributed by atoms with van der Waals surface area (Å²) in [6, 6.07) is 1.67. The molecule has 94 valence electrons. The van der Waals surface area contributed by atoms with Crippen LogP contribution in [-0.2, 0) is 4.79 Å². The second-order valence-corrected chi connectivity index (χ2v) is 4.77. The highest BCUT2D eigenvalue weighted by Gasteiger charge is 2.09. The number of anilines is 1. The third-order valence-electron chi connectivity index (χ3n) is 1.94. The monoisotopic (exact) mass is 275 g/mol. The summed E-state index contributed by atoms with van der Waals surface area (Å²) in [5.74, 6) is -0.265. The molecule has 0 bridgehead atoms. The summed E-state index contributed by atoms with van der Waals surface area (Å²) in [4.78, 5) is 20.6. The number of carboxylic acids is 1. The molecule has 17 heavy (non-hydrogen) atoms. The quantitative estimate of drug-likeness (QED) is 0.487. The number of carbonyl (C=O) groups is 1. The Labute approximate surface area is 109 Å². The first-order valence-corrected chi connectivity index (χ1v) is 6.49. The number of aromatic nitrogens is 2. The normalized spacial score (nSPS) is 10.3. The number of rotatable bonds is 6. The van der Waals surface area contributed by atoms with E-state index in [0.717, 1.165) is 24.7 Å². The molecule has 1 heterocycles. The highest BCUT2D eigenvalue weighted by atomic mass is 35.5. The zero-order chi connectivity index (χ0) is 12.8. The lowest BCUT2D eigenvalue weighted by Crippen LogP contribution is -2.19. The summed E-state index contributed by atoms with van der Waals surface area (Å²) in [5.41, 5.74) is 0. The minimum atomic E-state index is -0.901. The van der Waals surface area contributed by atoms with Gasteiger partial charge in [-0.3, -0.25) is 4.79 Å². The van der Waals surface area contributed by atoms with E-state index in [2.05, 4.69) is 16.9 Å². The molecule has 0 atom stereocenters. The molecule has 0 fully saturated rings. The Bertz CT molecular complexity index is 403. The fourth-order valence-electron chi connectivity index (χ4n) is 1.22. The first-order valence-electron chi connectivity index (χ1n) is 5.13. The van der Waals surface area contributed by atoms with Crippen LogP contribution in [0.15, 0.2) is 11.2 Å². The zero-order valence-corrected chi connectivity index (χ0v) is 11.3. The van der Waals surface area contributed by atoms with Crippen molar-refractivity contribution < 1.29 is 9.90 Å². The van der Waals surface area contributed by atoms with Gasteiger partial charge in [-0.15, -0.1) is 0 Å². The van der Waals surface area contributed by atoms with Crippen LogP contribution in [0.4, 0.5) is 5.82 Å². The maximum Gasteiger partial charge on any atom is 0.313 e. The number of hydrogen-bond donors (Lipinski definition) is 1. The molecule has 5 nitrogen and oxygen atoms in total. The van der Waals surface area contributed by atoms with Gasteiger partial charge in [0.05, 0.1) is 5.75 Å². The molecule has 1 N–H and O–H groups in total. The van der Waals surface area contributed by atoms with Gasteiger partial charge in [-0.1, -0.05) is 30.3 Å². The maximum atomic E-state index is 10.5. The Morgan fingerprint density at radius 1 is 1.59 bits per heavy atom. The van der Waals surface area contributed by atoms with Crippen LogP contribution in [0.5, 0.6) is 0 Å². The van der Waals surface area contributed by atoms with E-state index in [9.17, 15) is 4.79 Å². The Morgan fingerprint density at radius 2 is 2.29 bits per heavy atom. The Kier molecular flexibility index (Phi) is 5.50. The third-order valence-corrected chi connectivity index (χ3v) is 2.96. The zero-order valence-electron chi connectivity index (χ0n) is 9.68. The Hall–Kier alpha value is -1.01. The molecule has 1 aromatic heterocycles. The molecule has 0 amide bonds. The molecule has 0 aliphatic rings. The van der Waals surface area contributed by atoms with Gasteiger partial charge in [0.2, 0.25) is 0 Å². The summed E-state index contributed by atoms with van der Waals surface area (Å²) in [6.07, 6.45) is 0.996. The van der Waals surface area contributed by atoms with Crippen molar-refractivity contribution in [2.24, 2.45) is 0 Å². The molecule has 0 saturated carbocycles. The molecule has 1 aromatic rings. The van der Waals surface area contributed by atoms with Crippen molar-refractivity contribution in [1.82, 2.24) is 9.97 Å². The molecule has 0 spiro atoms. The molecular formula is C10H14ClN3O2S. The predicted molar refractivity (Wildman–Crippen MR) is 69.0 cm³/mol. The van der Waals surface area contributed by atoms with Gasteiger partial charge in [0.1, 0.15) is 11.0 Å². The Balaban J connectivity index is 2.82. The minimum Gasteiger partial charge on any atom is -0.481 e. The van der Waals surface area contributed by atoms with Crippen molar-refractivity contribution in [2.75, 3.05) is 24.2 Å². The molecule has 0 aliphatic carbocycles. The van der Waals surface area contributed by atoms with Crippen LogP contribution in [0.2, 0.25) is 5.15 Å². The first kappa shape index (κ1) is 14.1. The highest BCUT2D eigenvalue weighted by Crippen LogP contribution is 2.21. The molecule has 0 aromatic carbocycles. The number of aliphatic carboxylic acids is 1. The lowest BCUT2D eigenvalue weighted by molar-refractivity contribution is -0.133. The summed E-state index contributed by atoms with van der Waals surface area (Å²) in [6.45, 7) is 2.93. The Morgan fingerprint density at radius 3 is 2.88 bits per heavy atom. The molecule has 0 aliphatic heterocycles. The predicted octanol–water partition coefficient (Wildman–Crippen LogP) is 2.15. The van der Waals surface area contributed by atoms with Crippen LogP contribution in [0.25, 0.3) is 0 Å². The molecule has 0 radical (unpaired) electrons. The number of hydrogen-bond acceptors (Lipinski definition) is 5. The number of thioether (sulfide) groups is 1. The summed E-state index contributed by atoms with van der Waals surface area (Å²) >= 11 is 6.93. The average Bonchev–Trinajstić information content (AvgIpc) is 2.26. The third kappa shape index (κ3) is 4.79. The minimum absolute atomic E-state index is 0.0721. The van der Waals surface area contributed by atoms with Crippen molar-refractivity contribution in [3.05, 3.63) is 11.2 Å². The van der Waals surface area contributed by atoms with E-state index >= 15 is 0 Å². The molecular weight excluding hydrogens is 262 g/mol. The van der Waals surface area contributed by atoms with Gasteiger partial charge in [-0.05, 0) is 6.42 Å². The van der Waals surface area contributed by atoms with Crippen LogP contribution >= 0.6 is 23.4 Å². The van der Waals surface area contributed by atoms with Gasteiger partial charge in [0.25, 0.3) is 0 Å². The fourth-order valence-corrected chi connectivity index (χ4v) is 2.02. The van der Waals surface area contributed by atoms with E-state index in [1.165, 1.54) is 0 Å². The van der Waals surface area contributed by atoms with Gasteiger partial charge in [-0.2, -0.15) is 0 Å². The van der Waals surface area contributed by atoms with E-state index in [4.69, 9.17) is 16.7 Å². The van der Waals surface area contributed by atoms with Crippen LogP contribution in [0.3, 0.4) is 0 Å². The van der Waals surface area contributed by atoms with Gasteiger partial charge < -0.3 is 10.0 Å². The smallest absolute Gasteiger partial charge is 0.313 e. The fraction of sp³-hybridized carbons (Fsp3) is 0.500. The average molecular weight is 276 g/mol. The highest BCUT2D eigenvalue weighted by molar-refractivity contribution is 7.99. The molecule has 0 saturated heterocycles. The number of carboxylic acid groups (broad SMARTS) is 1. The maximum absolute atomic E-state index is 10.5. The van der Waals surface area contributed by atoms with Crippen LogP contribution in [0, 0.1) is 0 Å². The van der Waals surface area contributed by atoms with E-state index < -0.39 is 5.97 Å². The van der Waals surface area contributed by atoms with Gasteiger partial charge in [0.15, 0.2) is 5.16 Å². The number of halogens is 1. The second-order valence-electron chi connectivity index (χ2n) is 3.44. The van der Waals surface area contributed by atoms with Crippen LogP contribution in [0.1, 0.15) is 13.3 Å². The van der Waals surface area contributed by atoms with Gasteiger partial charge in [-0.25, -0.2) is 9.97 Å². The van der Waals surface area contributed by atoms with E-state index in [-0.39, 0.29) is 5.75 Å².